The number of alkyl halides is 3. The molecule has 1 unspecified atom stereocenters. The van der Waals surface area contributed by atoms with Gasteiger partial charge in [-0.15, -0.1) is 13.2 Å². The number of benzene rings is 1. The number of rotatable bonds is 4. The van der Waals surface area contributed by atoms with Crippen LogP contribution in [0.1, 0.15) is 44.6 Å². The Morgan fingerprint density at radius 1 is 1.07 bits per heavy atom. The van der Waals surface area contributed by atoms with Crippen LogP contribution >= 0.6 is 0 Å². The highest BCUT2D eigenvalue weighted by atomic mass is 19.4. The Bertz CT molecular complexity index is 805. The van der Waals surface area contributed by atoms with Crippen molar-refractivity contribution in [3.05, 3.63) is 29.8 Å². The third kappa shape index (κ3) is 4.85. The van der Waals surface area contributed by atoms with Crippen molar-refractivity contribution in [1.82, 2.24) is 15.1 Å². The topological polar surface area (TPSA) is 79.0 Å². The summed E-state index contributed by atoms with van der Waals surface area (Å²) in [5.74, 6) is -1.35. The van der Waals surface area contributed by atoms with Gasteiger partial charge in [0.05, 0.1) is 0 Å². The number of carbonyl (C=O) groups is 3. The molecule has 4 amide bonds. The summed E-state index contributed by atoms with van der Waals surface area (Å²) in [6, 6.07) is 3.99. The predicted octanol–water partition coefficient (Wildman–Crippen LogP) is 3.14. The van der Waals surface area contributed by atoms with E-state index in [-0.39, 0.29) is 18.0 Å². The van der Waals surface area contributed by atoms with E-state index in [2.05, 4.69) is 10.1 Å². The average molecular weight is 427 g/mol. The molecule has 164 valence electrons. The predicted molar refractivity (Wildman–Crippen MR) is 100 cm³/mol. The first-order chi connectivity index (χ1) is 14.1. The van der Waals surface area contributed by atoms with Gasteiger partial charge in [-0.25, -0.2) is 4.79 Å². The Labute approximate surface area is 172 Å². The van der Waals surface area contributed by atoms with Gasteiger partial charge in [-0.05, 0) is 37.5 Å². The number of nitrogens with one attached hydrogen (secondary N) is 1. The summed E-state index contributed by atoms with van der Waals surface area (Å²) in [7, 11) is 0. The summed E-state index contributed by atoms with van der Waals surface area (Å²) in [4.78, 5) is 40.6. The van der Waals surface area contributed by atoms with Crippen LogP contribution in [0.5, 0.6) is 5.75 Å². The quantitative estimate of drug-likeness (QED) is 0.749. The SMILES string of the molecule is CC1(c2ccc(OC(F)(F)F)cc2)NC(=O)N(CC(=O)N2CCCCCCC2)C1=O. The molecule has 1 aromatic rings. The zero-order valence-electron chi connectivity index (χ0n) is 16.6. The van der Waals surface area contributed by atoms with Gasteiger partial charge in [-0.2, -0.15) is 0 Å². The lowest BCUT2D eigenvalue weighted by Gasteiger charge is -2.27. The van der Waals surface area contributed by atoms with E-state index in [0.717, 1.165) is 49.1 Å². The highest BCUT2D eigenvalue weighted by Crippen LogP contribution is 2.31. The van der Waals surface area contributed by atoms with Crippen LogP contribution in [0.3, 0.4) is 0 Å². The number of carbonyl (C=O) groups excluding carboxylic acids is 3. The largest absolute Gasteiger partial charge is 0.573 e. The Morgan fingerprint density at radius 2 is 1.63 bits per heavy atom. The Kier molecular flexibility index (Phi) is 6.23. The van der Waals surface area contributed by atoms with Gasteiger partial charge in [-0.1, -0.05) is 31.4 Å². The van der Waals surface area contributed by atoms with E-state index in [0.29, 0.717) is 13.1 Å². The third-order valence-corrected chi connectivity index (χ3v) is 5.44. The minimum Gasteiger partial charge on any atom is -0.406 e. The van der Waals surface area contributed by atoms with Crippen molar-refractivity contribution in [1.29, 1.82) is 0 Å². The minimum absolute atomic E-state index is 0.289. The lowest BCUT2D eigenvalue weighted by molar-refractivity contribution is -0.274. The van der Waals surface area contributed by atoms with Crippen LogP contribution in [0.25, 0.3) is 0 Å². The lowest BCUT2D eigenvalue weighted by atomic mass is 9.92. The van der Waals surface area contributed by atoms with Crippen LogP contribution in [-0.4, -0.2) is 53.6 Å². The maximum Gasteiger partial charge on any atom is 0.573 e. The lowest BCUT2D eigenvalue weighted by Crippen LogP contribution is -2.45. The first kappa shape index (κ1) is 21.9. The molecule has 0 spiro atoms. The number of urea groups is 1. The molecular formula is C20H24F3N3O4. The van der Waals surface area contributed by atoms with Crippen molar-refractivity contribution in [2.75, 3.05) is 19.6 Å². The smallest absolute Gasteiger partial charge is 0.406 e. The molecule has 1 aromatic carbocycles. The van der Waals surface area contributed by atoms with Gasteiger partial charge >= 0.3 is 12.4 Å². The van der Waals surface area contributed by atoms with Gasteiger partial charge in [-0.3, -0.25) is 14.5 Å². The molecule has 0 aliphatic carbocycles. The second-order valence-corrected chi connectivity index (χ2v) is 7.67. The molecule has 0 radical (unpaired) electrons. The first-order valence-corrected chi connectivity index (χ1v) is 9.88. The van der Waals surface area contributed by atoms with Gasteiger partial charge in [0.15, 0.2) is 0 Å². The maximum atomic E-state index is 13.0. The van der Waals surface area contributed by atoms with Crippen LogP contribution in [0.15, 0.2) is 24.3 Å². The van der Waals surface area contributed by atoms with Crippen LogP contribution in [0.4, 0.5) is 18.0 Å². The van der Waals surface area contributed by atoms with Crippen LogP contribution in [-0.2, 0) is 15.1 Å². The van der Waals surface area contributed by atoms with Gasteiger partial charge in [0.2, 0.25) is 5.91 Å². The molecule has 0 bridgehead atoms. The molecule has 7 nitrogen and oxygen atoms in total. The molecule has 2 aliphatic rings. The molecule has 2 aliphatic heterocycles. The Hall–Kier alpha value is -2.78. The molecule has 10 heteroatoms. The zero-order chi connectivity index (χ0) is 21.9. The van der Waals surface area contributed by atoms with E-state index in [9.17, 15) is 27.6 Å². The van der Waals surface area contributed by atoms with E-state index < -0.39 is 29.6 Å². The fourth-order valence-corrected chi connectivity index (χ4v) is 3.76. The van der Waals surface area contributed by atoms with Gasteiger partial charge in [0.25, 0.3) is 5.91 Å². The number of hydrogen-bond acceptors (Lipinski definition) is 4. The molecule has 2 fully saturated rings. The zero-order valence-corrected chi connectivity index (χ0v) is 16.6. The van der Waals surface area contributed by atoms with Gasteiger partial charge in [0, 0.05) is 13.1 Å². The van der Waals surface area contributed by atoms with E-state index in [1.54, 1.807) is 4.90 Å². The Balaban J connectivity index is 1.70. The van der Waals surface area contributed by atoms with E-state index in [1.807, 2.05) is 0 Å². The van der Waals surface area contributed by atoms with Crippen molar-refractivity contribution in [2.24, 2.45) is 0 Å². The fourth-order valence-electron chi connectivity index (χ4n) is 3.76. The number of imide groups is 1. The maximum absolute atomic E-state index is 13.0. The molecule has 0 aromatic heterocycles. The monoisotopic (exact) mass is 427 g/mol. The second kappa shape index (κ2) is 8.53. The normalized spacial score (nSPS) is 23.1. The van der Waals surface area contributed by atoms with E-state index in [1.165, 1.54) is 19.1 Å². The standard InChI is InChI=1S/C20H24F3N3O4/c1-19(14-7-9-15(10-8-14)30-20(21,22)23)17(28)26(18(29)24-19)13-16(27)25-11-5-3-2-4-6-12-25/h7-10H,2-6,11-13H2,1H3,(H,24,29). The molecule has 30 heavy (non-hydrogen) atoms. The number of ether oxygens (including phenoxy) is 1. The average Bonchev–Trinajstić information content (AvgIpc) is 2.84. The second-order valence-electron chi connectivity index (χ2n) is 7.67. The van der Waals surface area contributed by atoms with Crippen molar-refractivity contribution in [3.8, 4) is 5.75 Å². The van der Waals surface area contributed by atoms with Gasteiger partial charge < -0.3 is 15.0 Å². The first-order valence-electron chi connectivity index (χ1n) is 9.88. The molecular weight excluding hydrogens is 403 g/mol. The van der Waals surface area contributed by atoms with Crippen molar-refractivity contribution >= 4 is 17.8 Å². The molecule has 0 saturated carbocycles. The molecule has 1 N–H and O–H groups in total. The van der Waals surface area contributed by atoms with Gasteiger partial charge in [0.1, 0.15) is 17.8 Å². The summed E-state index contributed by atoms with van der Waals surface area (Å²) in [6.45, 7) is 2.28. The van der Waals surface area contributed by atoms with Crippen molar-refractivity contribution < 1.29 is 32.3 Å². The summed E-state index contributed by atoms with van der Waals surface area (Å²) >= 11 is 0. The van der Waals surface area contributed by atoms with Crippen LogP contribution < -0.4 is 10.1 Å². The highest BCUT2D eigenvalue weighted by Gasteiger charge is 2.49. The molecule has 1 atom stereocenters. The van der Waals surface area contributed by atoms with E-state index >= 15 is 0 Å². The number of likely N-dealkylation sites (tertiary alicyclic amines) is 1. The summed E-state index contributed by atoms with van der Waals surface area (Å²) in [5, 5.41) is 2.55. The molecule has 2 saturated heterocycles. The number of hydrogen-bond donors (Lipinski definition) is 1. The third-order valence-electron chi connectivity index (χ3n) is 5.44. The summed E-state index contributed by atoms with van der Waals surface area (Å²) in [6.07, 6.45) is 0.163. The number of halogens is 3. The highest BCUT2D eigenvalue weighted by molar-refractivity contribution is 6.09. The van der Waals surface area contributed by atoms with Crippen molar-refractivity contribution in [2.45, 2.75) is 50.9 Å². The van der Waals surface area contributed by atoms with Crippen LogP contribution in [0, 0.1) is 0 Å². The summed E-state index contributed by atoms with van der Waals surface area (Å²) in [5.41, 5.74) is -1.19. The molecule has 3 rings (SSSR count). The molecule has 2 heterocycles. The fraction of sp³-hybridized carbons (Fsp3) is 0.550. The van der Waals surface area contributed by atoms with Crippen molar-refractivity contribution in [3.63, 3.8) is 0 Å². The number of nitrogens with zero attached hydrogens (tertiary/aromatic N) is 2. The van der Waals surface area contributed by atoms with Crippen LogP contribution in [0.2, 0.25) is 0 Å². The number of amides is 4. The Morgan fingerprint density at radius 3 is 2.20 bits per heavy atom. The summed E-state index contributed by atoms with van der Waals surface area (Å²) < 4.78 is 40.8. The minimum atomic E-state index is -4.83. The van der Waals surface area contributed by atoms with E-state index in [4.69, 9.17) is 0 Å².